The lowest BCUT2D eigenvalue weighted by Crippen LogP contribution is -2.01. The molecule has 0 saturated carbocycles. The van der Waals surface area contributed by atoms with E-state index in [0.29, 0.717) is 0 Å². The lowest BCUT2D eigenvalue weighted by molar-refractivity contribution is 0.659. The fourth-order valence-corrected chi connectivity index (χ4v) is 1.94. The van der Waals surface area contributed by atoms with Crippen LogP contribution in [0.4, 0.5) is 5.69 Å². The van der Waals surface area contributed by atoms with Gasteiger partial charge in [0.15, 0.2) is 0 Å². The number of benzene rings is 1. The van der Waals surface area contributed by atoms with Gasteiger partial charge in [-0.3, -0.25) is 4.68 Å². The molecule has 1 N–H and O–H groups in total. The lowest BCUT2D eigenvalue weighted by Gasteiger charge is -2.06. The van der Waals surface area contributed by atoms with Crippen LogP contribution in [0.3, 0.4) is 0 Å². The van der Waals surface area contributed by atoms with E-state index in [1.807, 2.05) is 35.1 Å². The summed E-state index contributed by atoms with van der Waals surface area (Å²) in [6, 6.07) is 8.00. The minimum atomic E-state index is 0.763. The van der Waals surface area contributed by atoms with Gasteiger partial charge in [0.05, 0.1) is 24.3 Å². The van der Waals surface area contributed by atoms with Crippen molar-refractivity contribution < 1.29 is 0 Å². The van der Waals surface area contributed by atoms with E-state index >= 15 is 0 Å². The number of nitrogens with one attached hydrogen (secondary N) is 1. The number of aromatic nitrogens is 5. The molecule has 0 amide bonds. The summed E-state index contributed by atoms with van der Waals surface area (Å²) in [4.78, 5) is 1.59. The van der Waals surface area contributed by atoms with Gasteiger partial charge in [0.2, 0.25) is 0 Å². The molecule has 3 rings (SSSR count). The van der Waals surface area contributed by atoms with Gasteiger partial charge in [0.25, 0.3) is 0 Å². The molecule has 6 nitrogen and oxygen atoms in total. The highest BCUT2D eigenvalue weighted by Crippen LogP contribution is 2.12. The minimum Gasteiger partial charge on any atom is -0.381 e. The topological polar surface area (TPSA) is 60.6 Å². The molecular weight excluding hydrogens is 252 g/mol. The van der Waals surface area contributed by atoms with Crippen molar-refractivity contribution in [1.29, 1.82) is 0 Å². The third-order valence-electron chi connectivity index (χ3n) is 3.02. The van der Waals surface area contributed by atoms with E-state index < -0.39 is 0 Å². The highest BCUT2D eigenvalue weighted by molar-refractivity contribution is 5.48. The quantitative estimate of drug-likeness (QED) is 0.769. The summed E-state index contributed by atoms with van der Waals surface area (Å²) in [6.45, 7) is 3.73. The van der Waals surface area contributed by atoms with Crippen LogP contribution in [0.5, 0.6) is 0 Å². The van der Waals surface area contributed by atoms with Crippen LogP contribution in [0.15, 0.2) is 49.1 Å². The second-order valence-electron chi connectivity index (χ2n) is 4.42. The number of hydrogen-bond acceptors (Lipinski definition) is 4. The standard InChI is InChI=1S/C14H16N6/c1-2-19-11-12(10-18-19)9-15-13-3-5-14(6-4-13)20-16-7-8-17-20/h3-8,10-11,15H,2,9H2,1H3. The number of anilines is 1. The fourth-order valence-electron chi connectivity index (χ4n) is 1.94. The van der Waals surface area contributed by atoms with Gasteiger partial charge in [-0.15, -0.1) is 0 Å². The molecule has 2 heterocycles. The van der Waals surface area contributed by atoms with Crippen molar-refractivity contribution in [3.8, 4) is 5.69 Å². The molecule has 2 aromatic heterocycles. The van der Waals surface area contributed by atoms with Crippen LogP contribution in [0.1, 0.15) is 12.5 Å². The van der Waals surface area contributed by atoms with Crippen molar-refractivity contribution in [2.24, 2.45) is 0 Å². The Hall–Kier alpha value is -2.63. The van der Waals surface area contributed by atoms with Crippen LogP contribution in [0, 0.1) is 0 Å². The molecule has 0 fully saturated rings. The van der Waals surface area contributed by atoms with Crippen molar-refractivity contribution in [3.63, 3.8) is 0 Å². The Kier molecular flexibility index (Phi) is 3.45. The SMILES string of the molecule is CCn1cc(CNc2ccc(-n3nccn3)cc2)cn1. The average molecular weight is 268 g/mol. The molecule has 0 atom stereocenters. The molecule has 0 aliphatic heterocycles. The van der Waals surface area contributed by atoms with E-state index in [-0.39, 0.29) is 0 Å². The summed E-state index contributed by atoms with van der Waals surface area (Å²) in [5.41, 5.74) is 3.18. The Labute approximate surface area is 117 Å². The molecule has 6 heteroatoms. The van der Waals surface area contributed by atoms with Gasteiger partial charge in [0, 0.05) is 30.5 Å². The molecule has 0 unspecified atom stereocenters. The number of aryl methyl sites for hydroxylation is 1. The van der Waals surface area contributed by atoms with Crippen molar-refractivity contribution in [3.05, 3.63) is 54.6 Å². The van der Waals surface area contributed by atoms with E-state index in [1.54, 1.807) is 17.2 Å². The molecular formula is C14H16N6. The molecule has 0 aliphatic carbocycles. The van der Waals surface area contributed by atoms with Gasteiger partial charge >= 0.3 is 0 Å². The number of rotatable bonds is 5. The molecule has 0 radical (unpaired) electrons. The highest BCUT2D eigenvalue weighted by atomic mass is 15.5. The van der Waals surface area contributed by atoms with Crippen molar-refractivity contribution in [2.45, 2.75) is 20.0 Å². The predicted molar refractivity (Wildman–Crippen MR) is 76.6 cm³/mol. The summed E-state index contributed by atoms with van der Waals surface area (Å²) < 4.78 is 1.92. The summed E-state index contributed by atoms with van der Waals surface area (Å²) in [6.07, 6.45) is 7.27. The first kappa shape index (κ1) is 12.4. The third-order valence-corrected chi connectivity index (χ3v) is 3.02. The maximum absolute atomic E-state index is 4.25. The Morgan fingerprint density at radius 2 is 1.80 bits per heavy atom. The summed E-state index contributed by atoms with van der Waals surface area (Å²) in [5, 5.41) is 15.8. The Morgan fingerprint density at radius 1 is 1.05 bits per heavy atom. The number of nitrogens with zero attached hydrogens (tertiary/aromatic N) is 5. The normalized spacial score (nSPS) is 10.7. The van der Waals surface area contributed by atoms with Crippen molar-refractivity contribution >= 4 is 5.69 Å². The second-order valence-corrected chi connectivity index (χ2v) is 4.42. The predicted octanol–water partition coefficient (Wildman–Crippen LogP) is 2.10. The van der Waals surface area contributed by atoms with Crippen molar-refractivity contribution in [1.82, 2.24) is 24.8 Å². The zero-order valence-electron chi connectivity index (χ0n) is 11.3. The van der Waals surface area contributed by atoms with Crippen LogP contribution in [-0.2, 0) is 13.1 Å². The molecule has 20 heavy (non-hydrogen) atoms. The fraction of sp³-hybridized carbons (Fsp3) is 0.214. The maximum atomic E-state index is 4.25. The summed E-state index contributed by atoms with van der Waals surface area (Å²) in [7, 11) is 0. The van der Waals surface area contributed by atoms with E-state index in [0.717, 1.165) is 24.5 Å². The van der Waals surface area contributed by atoms with Crippen LogP contribution in [0.2, 0.25) is 0 Å². The van der Waals surface area contributed by atoms with Crippen molar-refractivity contribution in [2.75, 3.05) is 5.32 Å². The monoisotopic (exact) mass is 268 g/mol. The van der Waals surface area contributed by atoms with E-state index in [4.69, 9.17) is 0 Å². The van der Waals surface area contributed by atoms with Gasteiger partial charge < -0.3 is 5.32 Å². The zero-order chi connectivity index (χ0) is 13.8. The van der Waals surface area contributed by atoms with Crippen LogP contribution in [-0.4, -0.2) is 24.8 Å². The molecule has 3 aromatic rings. The molecule has 0 bridgehead atoms. The molecule has 1 aromatic carbocycles. The van der Waals surface area contributed by atoms with Crippen LogP contribution >= 0.6 is 0 Å². The first-order valence-electron chi connectivity index (χ1n) is 6.57. The number of hydrogen-bond donors (Lipinski definition) is 1. The maximum Gasteiger partial charge on any atom is 0.0858 e. The van der Waals surface area contributed by atoms with Crippen LogP contribution < -0.4 is 5.32 Å². The van der Waals surface area contributed by atoms with Gasteiger partial charge in [-0.25, -0.2) is 0 Å². The van der Waals surface area contributed by atoms with Gasteiger partial charge in [-0.1, -0.05) is 0 Å². The van der Waals surface area contributed by atoms with E-state index in [9.17, 15) is 0 Å². The third kappa shape index (κ3) is 2.69. The minimum absolute atomic E-state index is 0.763. The first-order valence-corrected chi connectivity index (χ1v) is 6.57. The molecule has 0 spiro atoms. The molecule has 102 valence electrons. The Bertz CT molecular complexity index is 653. The van der Waals surface area contributed by atoms with Gasteiger partial charge in [-0.05, 0) is 31.2 Å². The first-order chi connectivity index (χ1) is 9.85. The summed E-state index contributed by atoms with van der Waals surface area (Å²) in [5.74, 6) is 0. The van der Waals surface area contributed by atoms with E-state index in [2.05, 4.69) is 33.7 Å². The summed E-state index contributed by atoms with van der Waals surface area (Å²) >= 11 is 0. The largest absolute Gasteiger partial charge is 0.381 e. The molecule has 0 aliphatic rings. The highest BCUT2D eigenvalue weighted by Gasteiger charge is 2.00. The second kappa shape index (κ2) is 5.56. The smallest absolute Gasteiger partial charge is 0.0858 e. The zero-order valence-corrected chi connectivity index (χ0v) is 11.3. The van der Waals surface area contributed by atoms with E-state index in [1.165, 1.54) is 5.56 Å². The Balaban J connectivity index is 1.63. The lowest BCUT2D eigenvalue weighted by atomic mass is 10.2. The molecule has 0 saturated heterocycles. The Morgan fingerprint density at radius 3 is 2.45 bits per heavy atom. The van der Waals surface area contributed by atoms with Gasteiger partial charge in [-0.2, -0.15) is 20.1 Å². The van der Waals surface area contributed by atoms with Gasteiger partial charge in [0.1, 0.15) is 0 Å². The van der Waals surface area contributed by atoms with Crippen LogP contribution in [0.25, 0.3) is 5.69 Å². The average Bonchev–Trinajstić information content (AvgIpc) is 3.17.